The van der Waals surface area contributed by atoms with E-state index in [1.165, 1.54) is 0 Å². The summed E-state index contributed by atoms with van der Waals surface area (Å²) in [5, 5.41) is 19.1. The second kappa shape index (κ2) is 5.43. The first-order chi connectivity index (χ1) is 9.42. The summed E-state index contributed by atoms with van der Waals surface area (Å²) < 4.78 is 0. The molecule has 0 spiro atoms. The summed E-state index contributed by atoms with van der Waals surface area (Å²) in [6, 6.07) is 9.41. The first-order valence-corrected chi connectivity index (χ1v) is 6.35. The van der Waals surface area contributed by atoms with Gasteiger partial charge in [0.15, 0.2) is 0 Å². The van der Waals surface area contributed by atoms with Crippen LogP contribution in [0.1, 0.15) is 25.1 Å². The number of hydrogen-bond donors (Lipinski definition) is 2. The molecule has 2 N–H and O–H groups in total. The van der Waals surface area contributed by atoms with Crippen molar-refractivity contribution in [3.63, 3.8) is 0 Å². The number of aromatic nitrogens is 1. The number of aliphatic hydroxyl groups is 1. The molecule has 0 saturated heterocycles. The molecule has 4 heteroatoms. The molecule has 0 radical (unpaired) electrons. The lowest BCUT2D eigenvalue weighted by Crippen LogP contribution is -2.20. The molecule has 0 aliphatic carbocycles. The SMILES string of the molecule is CC(C)(C=Cc1ccc2ccc(CO)nc2c1)C(=O)O. The van der Waals surface area contributed by atoms with Gasteiger partial charge >= 0.3 is 5.97 Å². The summed E-state index contributed by atoms with van der Waals surface area (Å²) in [7, 11) is 0. The van der Waals surface area contributed by atoms with Gasteiger partial charge in [0.2, 0.25) is 0 Å². The van der Waals surface area contributed by atoms with Crippen LogP contribution in [-0.2, 0) is 11.4 Å². The Morgan fingerprint density at radius 3 is 2.65 bits per heavy atom. The van der Waals surface area contributed by atoms with Crippen LogP contribution in [0.15, 0.2) is 36.4 Å². The third-order valence-corrected chi connectivity index (χ3v) is 3.18. The molecule has 0 saturated carbocycles. The molecule has 0 aliphatic rings. The molecular weight excluding hydrogens is 254 g/mol. The molecule has 1 aromatic carbocycles. The Labute approximate surface area is 117 Å². The smallest absolute Gasteiger partial charge is 0.312 e. The molecule has 0 amide bonds. The van der Waals surface area contributed by atoms with Gasteiger partial charge < -0.3 is 10.2 Å². The van der Waals surface area contributed by atoms with Gasteiger partial charge in [0.1, 0.15) is 0 Å². The number of aliphatic carboxylic acids is 1. The van der Waals surface area contributed by atoms with Crippen molar-refractivity contribution in [1.82, 2.24) is 4.98 Å². The van der Waals surface area contributed by atoms with Crippen molar-refractivity contribution in [2.24, 2.45) is 5.41 Å². The van der Waals surface area contributed by atoms with E-state index in [0.717, 1.165) is 16.5 Å². The van der Waals surface area contributed by atoms with Gasteiger partial charge in [-0.05, 0) is 31.5 Å². The van der Waals surface area contributed by atoms with Crippen LogP contribution >= 0.6 is 0 Å². The van der Waals surface area contributed by atoms with Crippen LogP contribution in [0, 0.1) is 5.41 Å². The Morgan fingerprint density at radius 1 is 1.30 bits per heavy atom. The molecule has 104 valence electrons. The monoisotopic (exact) mass is 271 g/mol. The molecule has 1 heterocycles. The van der Waals surface area contributed by atoms with Crippen molar-refractivity contribution >= 4 is 22.9 Å². The van der Waals surface area contributed by atoms with Crippen molar-refractivity contribution in [2.45, 2.75) is 20.5 Å². The number of carbonyl (C=O) groups is 1. The fraction of sp³-hybridized carbons (Fsp3) is 0.250. The van der Waals surface area contributed by atoms with Crippen LogP contribution in [-0.4, -0.2) is 21.2 Å². The summed E-state index contributed by atoms with van der Waals surface area (Å²) in [6.45, 7) is 3.20. The van der Waals surface area contributed by atoms with Crippen molar-refractivity contribution in [1.29, 1.82) is 0 Å². The van der Waals surface area contributed by atoms with E-state index in [1.54, 1.807) is 32.1 Å². The van der Waals surface area contributed by atoms with Crippen molar-refractivity contribution in [3.8, 4) is 0 Å². The first-order valence-electron chi connectivity index (χ1n) is 6.35. The number of aliphatic hydroxyl groups excluding tert-OH is 1. The fourth-order valence-corrected chi connectivity index (χ4v) is 1.74. The predicted molar refractivity (Wildman–Crippen MR) is 78.1 cm³/mol. The quantitative estimate of drug-likeness (QED) is 0.897. The Bertz CT molecular complexity index is 674. The lowest BCUT2D eigenvalue weighted by atomic mass is 9.92. The molecule has 0 atom stereocenters. The standard InChI is InChI=1S/C16H17NO3/c1-16(2,15(19)20)8-7-11-3-4-12-5-6-13(10-18)17-14(12)9-11/h3-9,18H,10H2,1-2H3,(H,19,20). The summed E-state index contributed by atoms with van der Waals surface area (Å²) in [4.78, 5) is 15.4. The van der Waals surface area contributed by atoms with E-state index in [2.05, 4.69) is 4.98 Å². The second-order valence-electron chi connectivity index (χ2n) is 5.27. The van der Waals surface area contributed by atoms with Crippen LogP contribution < -0.4 is 0 Å². The zero-order chi connectivity index (χ0) is 14.8. The minimum absolute atomic E-state index is 0.0952. The van der Waals surface area contributed by atoms with Crippen LogP contribution in [0.3, 0.4) is 0 Å². The van der Waals surface area contributed by atoms with E-state index in [9.17, 15) is 4.79 Å². The van der Waals surface area contributed by atoms with Crippen molar-refractivity contribution in [2.75, 3.05) is 0 Å². The Morgan fingerprint density at radius 2 is 2.00 bits per heavy atom. The minimum Gasteiger partial charge on any atom is -0.481 e. The van der Waals surface area contributed by atoms with Gasteiger partial charge in [-0.1, -0.05) is 30.4 Å². The predicted octanol–water partition coefficient (Wildman–Crippen LogP) is 2.85. The normalized spacial score (nSPS) is 12.2. The van der Waals surface area contributed by atoms with E-state index in [-0.39, 0.29) is 6.61 Å². The summed E-state index contributed by atoms with van der Waals surface area (Å²) in [5.74, 6) is -0.866. The maximum absolute atomic E-state index is 11.0. The van der Waals surface area contributed by atoms with E-state index in [4.69, 9.17) is 10.2 Å². The van der Waals surface area contributed by atoms with E-state index in [1.807, 2.05) is 24.3 Å². The number of pyridine rings is 1. The van der Waals surface area contributed by atoms with Gasteiger partial charge in [0, 0.05) is 5.39 Å². The van der Waals surface area contributed by atoms with E-state index >= 15 is 0 Å². The maximum atomic E-state index is 11.0. The highest BCUT2D eigenvalue weighted by Crippen LogP contribution is 2.21. The third kappa shape index (κ3) is 3.03. The van der Waals surface area contributed by atoms with Crippen molar-refractivity contribution < 1.29 is 15.0 Å². The number of hydrogen-bond acceptors (Lipinski definition) is 3. The lowest BCUT2D eigenvalue weighted by molar-refractivity contribution is -0.144. The molecule has 2 rings (SSSR count). The number of rotatable bonds is 4. The van der Waals surface area contributed by atoms with Gasteiger partial charge in [-0.3, -0.25) is 9.78 Å². The Hall–Kier alpha value is -2.20. The fourth-order valence-electron chi connectivity index (χ4n) is 1.74. The van der Waals surface area contributed by atoms with Crippen LogP contribution in [0.4, 0.5) is 0 Å². The summed E-state index contributed by atoms with van der Waals surface area (Å²) in [6.07, 6.45) is 3.44. The Balaban J connectivity index is 2.36. The third-order valence-electron chi connectivity index (χ3n) is 3.18. The van der Waals surface area contributed by atoms with Crippen LogP contribution in [0.2, 0.25) is 0 Å². The average molecular weight is 271 g/mol. The molecule has 4 nitrogen and oxygen atoms in total. The second-order valence-corrected chi connectivity index (χ2v) is 5.27. The summed E-state index contributed by atoms with van der Waals surface area (Å²) in [5.41, 5.74) is 1.38. The maximum Gasteiger partial charge on any atom is 0.312 e. The molecule has 0 fully saturated rings. The lowest BCUT2D eigenvalue weighted by Gasteiger charge is -2.13. The zero-order valence-corrected chi connectivity index (χ0v) is 11.5. The number of carboxylic acids is 1. The molecule has 0 bridgehead atoms. The molecule has 2 aromatic rings. The van der Waals surface area contributed by atoms with Crippen LogP contribution in [0.25, 0.3) is 17.0 Å². The Kier molecular flexibility index (Phi) is 3.86. The van der Waals surface area contributed by atoms with E-state index < -0.39 is 11.4 Å². The highest BCUT2D eigenvalue weighted by Gasteiger charge is 2.22. The summed E-state index contributed by atoms with van der Waals surface area (Å²) >= 11 is 0. The number of nitrogens with zero attached hydrogens (tertiary/aromatic N) is 1. The number of benzene rings is 1. The topological polar surface area (TPSA) is 70.4 Å². The molecular formula is C16H17NO3. The molecule has 0 unspecified atom stereocenters. The largest absolute Gasteiger partial charge is 0.481 e. The minimum atomic E-state index is -0.907. The van der Waals surface area contributed by atoms with E-state index in [0.29, 0.717) is 5.69 Å². The molecule has 1 aromatic heterocycles. The van der Waals surface area contributed by atoms with Crippen molar-refractivity contribution in [3.05, 3.63) is 47.7 Å². The first kappa shape index (κ1) is 14.2. The average Bonchev–Trinajstić information content (AvgIpc) is 2.44. The molecule has 0 aliphatic heterocycles. The highest BCUT2D eigenvalue weighted by molar-refractivity contribution is 5.82. The van der Waals surface area contributed by atoms with Gasteiger partial charge in [-0.2, -0.15) is 0 Å². The van der Waals surface area contributed by atoms with Gasteiger partial charge in [-0.15, -0.1) is 0 Å². The highest BCUT2D eigenvalue weighted by atomic mass is 16.4. The molecule has 20 heavy (non-hydrogen) atoms. The number of fused-ring (bicyclic) bond motifs is 1. The zero-order valence-electron chi connectivity index (χ0n) is 11.5. The number of carboxylic acid groups (broad SMARTS) is 1. The van der Waals surface area contributed by atoms with Crippen LogP contribution in [0.5, 0.6) is 0 Å². The van der Waals surface area contributed by atoms with Gasteiger partial charge in [-0.25, -0.2) is 0 Å². The van der Waals surface area contributed by atoms with Gasteiger partial charge in [0.05, 0.1) is 23.2 Å². The van der Waals surface area contributed by atoms with Gasteiger partial charge in [0.25, 0.3) is 0 Å².